The second-order valence-electron chi connectivity index (χ2n) is 33.9. The van der Waals surface area contributed by atoms with Gasteiger partial charge in [-0.05, 0) is 215 Å². The zero-order chi connectivity index (χ0) is 93.8. The molecule has 3 aromatic heterocycles. The molecule has 21 nitrogen and oxygen atoms in total. The summed E-state index contributed by atoms with van der Waals surface area (Å²) < 4.78 is 168. The lowest BCUT2D eigenvalue weighted by Crippen LogP contribution is -2.41. The Bertz CT molecular complexity index is 6310. The van der Waals surface area contributed by atoms with Gasteiger partial charge in [0.05, 0.1) is 69.5 Å². The van der Waals surface area contributed by atoms with Crippen molar-refractivity contribution in [3.63, 3.8) is 0 Å². The van der Waals surface area contributed by atoms with Crippen LogP contribution in [0.15, 0.2) is 152 Å². The van der Waals surface area contributed by atoms with Crippen molar-refractivity contribution in [2.24, 2.45) is 26.1 Å². The molecule has 34 heteroatoms. The maximum Gasteiger partial charge on any atom is 0.495 e. The summed E-state index contributed by atoms with van der Waals surface area (Å²) in [5.41, 5.74) is 7.52. The van der Waals surface area contributed by atoms with Gasteiger partial charge in [-0.2, -0.15) is 0 Å². The van der Waals surface area contributed by atoms with E-state index in [0.29, 0.717) is 61.4 Å². The molecule has 6 aromatic carbocycles. The van der Waals surface area contributed by atoms with Gasteiger partial charge in [0.2, 0.25) is 0 Å². The van der Waals surface area contributed by atoms with Gasteiger partial charge in [0.15, 0.2) is 64.2 Å². The Morgan fingerprint density at radius 2 is 0.928 bits per heavy atom. The number of pyridine rings is 3. The number of fused-ring (bicyclic) bond motifs is 3. The van der Waals surface area contributed by atoms with Crippen LogP contribution in [0.3, 0.4) is 0 Å². The molecule has 0 N–H and O–H groups in total. The summed E-state index contributed by atoms with van der Waals surface area (Å²) in [6.07, 6.45) is 5.10. The minimum Gasteiger partial charge on any atom is -0.494 e. The number of ether oxygens (including phenoxy) is 2. The van der Waals surface area contributed by atoms with Gasteiger partial charge in [0.1, 0.15) is 5.82 Å². The van der Waals surface area contributed by atoms with Crippen LogP contribution in [0.25, 0.3) is 22.3 Å². The van der Waals surface area contributed by atoms with Crippen molar-refractivity contribution in [2.45, 2.75) is 174 Å². The summed E-state index contributed by atoms with van der Waals surface area (Å²) >= 11 is 22.4. The quantitative estimate of drug-likeness (QED) is 0.0401. The zero-order valence-electron chi connectivity index (χ0n) is 74.0. The molecule has 11 rings (SSSR count). The van der Waals surface area contributed by atoms with Crippen molar-refractivity contribution >= 4 is 132 Å². The van der Waals surface area contributed by atoms with E-state index in [0.717, 1.165) is 44.4 Å². The van der Waals surface area contributed by atoms with Crippen LogP contribution in [0.1, 0.15) is 211 Å². The van der Waals surface area contributed by atoms with E-state index in [9.17, 15) is 70.8 Å². The number of aromatic nitrogens is 3. The van der Waals surface area contributed by atoms with E-state index in [1.807, 2.05) is 102 Å². The minimum atomic E-state index is -3.41. The number of carbonyl (C=O) groups excluding carboxylic acids is 2. The van der Waals surface area contributed by atoms with E-state index in [2.05, 4.69) is 15.9 Å². The van der Waals surface area contributed by atoms with E-state index in [4.69, 9.17) is 58.6 Å². The van der Waals surface area contributed by atoms with Crippen LogP contribution in [-0.2, 0) is 98.8 Å². The maximum atomic E-state index is 14.3. The molecule has 125 heavy (non-hydrogen) atoms. The number of aryl methyl sites for hydroxylation is 4. The molecule has 0 unspecified atom stereocenters. The first-order chi connectivity index (χ1) is 57.8. The predicted octanol–water partition coefficient (Wildman–Crippen LogP) is 17.4. The van der Waals surface area contributed by atoms with Crippen molar-refractivity contribution < 1.29 is 75.2 Å². The number of carbonyl (C=O) groups is 2. The average molecular weight is 1940 g/mol. The van der Waals surface area contributed by atoms with E-state index in [1.54, 1.807) is 116 Å². The monoisotopic (exact) mass is 1940 g/mol. The Hall–Kier alpha value is -7.95. The molecule has 9 aromatic rings. The molecule has 2 aliphatic heterocycles. The summed E-state index contributed by atoms with van der Waals surface area (Å²) in [6.45, 7) is 31.2. The van der Waals surface area contributed by atoms with Gasteiger partial charge < -0.3 is 32.5 Å². The lowest BCUT2D eigenvalue weighted by atomic mass is 9.73. The second kappa shape index (κ2) is 40.8. The van der Waals surface area contributed by atoms with E-state index < -0.39 is 103 Å². The smallest absolute Gasteiger partial charge is 0.494 e. The third-order valence-electron chi connectivity index (χ3n) is 21.8. The minimum absolute atomic E-state index is 0.00616. The summed E-state index contributed by atoms with van der Waals surface area (Å²) in [5.74, 6) is -3.11. The number of methoxy groups -OCH3 is 2. The van der Waals surface area contributed by atoms with Gasteiger partial charge in [0.25, 0.3) is 16.7 Å². The number of ketones is 2. The lowest BCUT2D eigenvalue weighted by Gasteiger charge is -2.32. The number of rotatable bonds is 24. The maximum absolute atomic E-state index is 14.3. The highest BCUT2D eigenvalue weighted by Crippen LogP contribution is 2.43. The predicted molar refractivity (Wildman–Crippen MR) is 501 cm³/mol. The van der Waals surface area contributed by atoms with Gasteiger partial charge >= 0.3 is 7.12 Å². The molecule has 0 aliphatic carbocycles. The molecule has 0 amide bonds. The van der Waals surface area contributed by atoms with E-state index in [-0.39, 0.29) is 128 Å². The average Bonchev–Trinajstić information content (AvgIpc) is 1.67. The highest BCUT2D eigenvalue weighted by atomic mass is 79.9. The molecule has 0 spiro atoms. The first-order valence-electron chi connectivity index (χ1n) is 39.9. The first-order valence-corrected chi connectivity index (χ1v) is 50.0. The molecular weight excluding hydrogens is 1840 g/mol. The second-order valence-corrected chi connectivity index (χ2v) is 47.5. The molecular formula is C91H106BBrCl3F3N4O17S5. The number of benzene rings is 6. The Labute approximate surface area is 759 Å². The Morgan fingerprint density at radius 1 is 0.528 bits per heavy atom. The Kier molecular flexibility index (Phi) is 33.4. The molecule has 5 atom stereocenters. The van der Waals surface area contributed by atoms with Crippen molar-refractivity contribution in [2.75, 3.05) is 43.0 Å². The Morgan fingerprint density at radius 3 is 1.39 bits per heavy atom. The highest BCUT2D eigenvalue weighted by Gasteiger charge is 2.53. The summed E-state index contributed by atoms with van der Waals surface area (Å²) in [5, 5.41) is 0.0379. The number of hydrogen-bond acceptors (Lipinski definition) is 18. The third kappa shape index (κ3) is 24.9. The fourth-order valence-corrected chi connectivity index (χ4v) is 19.8. The molecule has 2 aliphatic rings. The fourth-order valence-electron chi connectivity index (χ4n) is 13.4. The standard InChI is InChI=1S/C30H35ClFNO6S2.C25H24ClFN2O3S.C23H27BClFO6S.C13H20BrNO2S/c1-8-41(37,38)17-19-9-10-20(29(35)23-12-27(39-7)26(32)14-25(23)31)22(11-19)24-15-33(6)28(34)13-21(24)18(2)16-40(36)30(3,4)5;1-5-33(31,32)13-16-6-7-17-19(9-16)21-12-29(4)24(30)10-18(21)15(3)28-25(17)20-8-14(2)23(27)11-22(20)26;1-7-33(28,29)13-14-8-9-15(17(10-14)24-31-22(2,3)23(4,5)32-24)21(27)16-11-20(30-6)19(26)12-18(16)25;1-9(8-18(17)13(2,3)4)10-6-12(16)15(5)7-11(10)14/h9-15,18H,8,16-17H2,1-7H3;6-12,15H,5,13H2,1-4H3;8-12H,7,13H2,1-6H3;6-7,9H,8H2,1-5H3/t18-,40-;15-;;9-,18-/m10.1/s1. The molecule has 0 saturated carbocycles. The van der Waals surface area contributed by atoms with Gasteiger partial charge in [-0.1, -0.05) is 112 Å². The van der Waals surface area contributed by atoms with Crippen LogP contribution in [0.2, 0.25) is 15.1 Å². The van der Waals surface area contributed by atoms with Crippen molar-refractivity contribution in [3.05, 3.63) is 268 Å². The molecule has 1 saturated heterocycles. The number of sulfone groups is 3. The van der Waals surface area contributed by atoms with Gasteiger partial charge in [0, 0.05) is 167 Å². The van der Waals surface area contributed by atoms with Crippen LogP contribution in [0.4, 0.5) is 13.2 Å². The van der Waals surface area contributed by atoms with Crippen LogP contribution in [-0.4, -0.2) is 135 Å². The topological polar surface area (TPSA) is 286 Å². The normalized spacial score (nSPS) is 15.3. The van der Waals surface area contributed by atoms with Gasteiger partial charge in [-0.15, -0.1) is 0 Å². The van der Waals surface area contributed by atoms with Gasteiger partial charge in [-0.25, -0.2) is 38.4 Å². The SMILES string of the molecule is CCS(=O)(=O)Cc1ccc(C(=O)c2cc(OC)c(F)cc2Cl)c(-c2cn(C)c(=O)cc2[C@H](C)C[S@@](=O)C(C)(C)C)c1.CCS(=O)(=O)Cc1ccc(C(=O)c2cc(OC)c(F)cc2Cl)c(B2OC(C)(C)C(C)(C)O2)c1.CCS(=O)(=O)Cc1ccc2c(c1)-c1cn(C)c(=O)cc1[C@H](C)N=C2c1cc(C)c(F)cc1Cl.C[C@H](C[S@@](=O)C(C)(C)C)c1cc(=O)n(C)cc1Br. The fraction of sp³-hybridized carbons (Fsp3) is 0.407. The molecule has 674 valence electrons. The number of halogens is 7. The lowest BCUT2D eigenvalue weighted by molar-refractivity contribution is 0.00578. The van der Waals surface area contributed by atoms with Gasteiger partial charge in [-0.3, -0.25) is 37.4 Å². The van der Waals surface area contributed by atoms with Crippen molar-refractivity contribution in [1.29, 1.82) is 0 Å². The van der Waals surface area contributed by atoms with Crippen LogP contribution < -0.4 is 31.6 Å². The first kappa shape index (κ1) is 102. The van der Waals surface area contributed by atoms with Crippen LogP contribution >= 0.6 is 50.7 Å². The molecule has 1 fully saturated rings. The molecule has 0 radical (unpaired) electrons. The molecule has 0 bridgehead atoms. The largest absolute Gasteiger partial charge is 0.495 e. The third-order valence-corrected chi connectivity index (χ3v) is 32.7. The Balaban J connectivity index is 0.000000213. The van der Waals surface area contributed by atoms with E-state index >= 15 is 0 Å². The highest BCUT2D eigenvalue weighted by molar-refractivity contribution is 9.10. The molecule has 5 heterocycles. The van der Waals surface area contributed by atoms with Crippen molar-refractivity contribution in [1.82, 2.24) is 13.7 Å². The summed E-state index contributed by atoms with van der Waals surface area (Å²) in [7, 11) is -5.51. The van der Waals surface area contributed by atoms with Crippen LogP contribution in [0, 0.1) is 24.4 Å². The number of hydrogen-bond donors (Lipinski definition) is 0. The van der Waals surface area contributed by atoms with Crippen LogP contribution in [0.5, 0.6) is 11.5 Å². The zero-order valence-corrected chi connectivity index (χ0v) is 81.9. The number of nitrogens with zero attached hydrogens (tertiary/aromatic N) is 4. The number of aliphatic imine (C=N–C) groups is 1. The summed E-state index contributed by atoms with van der Waals surface area (Å²) in [6, 6.07) is 26.5. The summed E-state index contributed by atoms with van der Waals surface area (Å²) in [4.78, 5) is 69.2. The van der Waals surface area contributed by atoms with Crippen molar-refractivity contribution in [3.8, 4) is 33.8 Å². The van der Waals surface area contributed by atoms with E-state index in [1.165, 1.54) is 64.3 Å².